The van der Waals surface area contributed by atoms with Gasteiger partial charge in [-0.15, -0.1) is 0 Å². The molecule has 2 aromatic rings. The van der Waals surface area contributed by atoms with E-state index in [1.54, 1.807) is 36.4 Å². The standard InChI is InChI=1S/C20H16ClN3O4S/c1-12(25)22-20-24-19(27)17(29-20)10-13-7-8-16(15(21)9-13)28-11-18(26)23-14-5-3-2-4-6-14/h2-10H,11H2,1H3,(H,23,26)(H,22,24,25,27)/b17-10-. The second kappa shape index (κ2) is 9.40. The number of amides is 3. The van der Waals surface area contributed by atoms with E-state index in [0.717, 1.165) is 11.8 Å². The maximum Gasteiger partial charge on any atom is 0.286 e. The Labute approximate surface area is 176 Å². The molecule has 1 aliphatic heterocycles. The quantitative estimate of drug-likeness (QED) is 0.709. The Morgan fingerprint density at radius 2 is 1.93 bits per heavy atom. The predicted molar refractivity (Wildman–Crippen MR) is 114 cm³/mol. The molecule has 3 rings (SSSR count). The molecule has 0 atom stereocenters. The van der Waals surface area contributed by atoms with Crippen LogP contribution in [0.1, 0.15) is 12.5 Å². The fraction of sp³-hybridized carbons (Fsp3) is 0.100. The van der Waals surface area contributed by atoms with Crippen molar-refractivity contribution in [2.45, 2.75) is 6.92 Å². The first-order valence-electron chi connectivity index (χ1n) is 8.48. The van der Waals surface area contributed by atoms with Gasteiger partial charge in [-0.2, -0.15) is 4.99 Å². The number of para-hydroxylation sites is 1. The van der Waals surface area contributed by atoms with Gasteiger partial charge in [0.05, 0.1) is 9.93 Å². The number of anilines is 1. The minimum Gasteiger partial charge on any atom is -0.482 e. The maximum atomic E-state index is 12.0. The first-order valence-corrected chi connectivity index (χ1v) is 9.67. The van der Waals surface area contributed by atoms with Crippen LogP contribution in [0.3, 0.4) is 0 Å². The number of rotatable bonds is 5. The lowest BCUT2D eigenvalue weighted by Gasteiger charge is -2.09. The highest BCUT2D eigenvalue weighted by Crippen LogP contribution is 2.30. The first kappa shape index (κ1) is 20.6. The fourth-order valence-corrected chi connectivity index (χ4v) is 3.45. The number of nitrogens with zero attached hydrogens (tertiary/aromatic N) is 1. The summed E-state index contributed by atoms with van der Waals surface area (Å²) in [7, 11) is 0. The van der Waals surface area contributed by atoms with Crippen LogP contribution >= 0.6 is 23.4 Å². The zero-order valence-electron chi connectivity index (χ0n) is 15.3. The van der Waals surface area contributed by atoms with Crippen LogP contribution in [0, 0.1) is 0 Å². The van der Waals surface area contributed by atoms with Crippen molar-refractivity contribution in [2.75, 3.05) is 11.9 Å². The second-order valence-corrected chi connectivity index (χ2v) is 7.34. The van der Waals surface area contributed by atoms with Gasteiger partial charge < -0.3 is 15.4 Å². The van der Waals surface area contributed by atoms with Crippen LogP contribution in [0.5, 0.6) is 5.75 Å². The molecular weight excluding hydrogens is 414 g/mol. The molecule has 1 heterocycles. The van der Waals surface area contributed by atoms with Gasteiger partial charge in [-0.25, -0.2) is 0 Å². The molecule has 7 nitrogen and oxygen atoms in total. The molecule has 0 radical (unpaired) electrons. The zero-order chi connectivity index (χ0) is 20.8. The summed E-state index contributed by atoms with van der Waals surface area (Å²) in [5.74, 6) is -0.703. The van der Waals surface area contributed by atoms with E-state index >= 15 is 0 Å². The summed E-state index contributed by atoms with van der Waals surface area (Å²) in [6.07, 6.45) is 1.61. The average molecular weight is 430 g/mol. The van der Waals surface area contributed by atoms with Gasteiger partial charge in [0.15, 0.2) is 11.8 Å². The Balaban J connectivity index is 1.60. The average Bonchev–Trinajstić information content (AvgIpc) is 3.00. The van der Waals surface area contributed by atoms with E-state index in [4.69, 9.17) is 16.3 Å². The van der Waals surface area contributed by atoms with Gasteiger partial charge in [0.25, 0.3) is 11.8 Å². The molecule has 0 saturated carbocycles. The van der Waals surface area contributed by atoms with Gasteiger partial charge in [-0.3, -0.25) is 14.4 Å². The molecule has 0 bridgehead atoms. The van der Waals surface area contributed by atoms with Crippen LogP contribution in [-0.2, 0) is 14.4 Å². The van der Waals surface area contributed by atoms with Crippen molar-refractivity contribution in [1.82, 2.24) is 5.32 Å². The van der Waals surface area contributed by atoms with E-state index in [1.165, 1.54) is 6.92 Å². The molecule has 148 valence electrons. The van der Waals surface area contributed by atoms with Crippen LogP contribution in [-0.4, -0.2) is 29.5 Å². The highest BCUT2D eigenvalue weighted by Gasteiger charge is 2.22. The predicted octanol–water partition coefficient (Wildman–Crippen LogP) is 3.46. The molecule has 3 amide bonds. The Hall–Kier alpha value is -3.10. The molecule has 0 aliphatic carbocycles. The minimum absolute atomic E-state index is 0.197. The van der Waals surface area contributed by atoms with Gasteiger partial charge in [0.1, 0.15) is 5.75 Å². The number of aliphatic imine (C=N–C) groups is 1. The van der Waals surface area contributed by atoms with Crippen molar-refractivity contribution in [3.63, 3.8) is 0 Å². The van der Waals surface area contributed by atoms with Crippen molar-refractivity contribution in [1.29, 1.82) is 0 Å². The van der Waals surface area contributed by atoms with Crippen molar-refractivity contribution in [2.24, 2.45) is 4.99 Å². The second-order valence-electron chi connectivity index (χ2n) is 5.91. The SMILES string of the molecule is CC(=O)NC1=NC(=O)/C(=C/c2ccc(OCC(=O)Nc3ccccc3)c(Cl)c2)S1. The smallest absolute Gasteiger partial charge is 0.286 e. The Kier molecular flexibility index (Phi) is 6.69. The molecule has 0 fully saturated rings. The summed E-state index contributed by atoms with van der Waals surface area (Å²) in [5, 5.41) is 5.73. The first-order chi connectivity index (χ1) is 13.9. The molecule has 1 aliphatic rings. The summed E-state index contributed by atoms with van der Waals surface area (Å²) < 4.78 is 5.47. The van der Waals surface area contributed by atoms with E-state index < -0.39 is 5.91 Å². The lowest BCUT2D eigenvalue weighted by Crippen LogP contribution is -2.23. The van der Waals surface area contributed by atoms with E-state index in [2.05, 4.69) is 15.6 Å². The molecule has 0 spiro atoms. The number of benzene rings is 2. The number of hydrogen-bond acceptors (Lipinski definition) is 5. The van der Waals surface area contributed by atoms with Crippen molar-refractivity contribution in [3.8, 4) is 5.75 Å². The Bertz CT molecular complexity index is 1020. The number of thioether (sulfide) groups is 1. The summed E-state index contributed by atoms with van der Waals surface area (Å²) in [5.41, 5.74) is 1.33. The number of carbonyl (C=O) groups excluding carboxylic acids is 3. The van der Waals surface area contributed by atoms with E-state index in [0.29, 0.717) is 26.9 Å². The van der Waals surface area contributed by atoms with Crippen molar-refractivity contribution >= 4 is 58.0 Å². The molecule has 9 heteroatoms. The Morgan fingerprint density at radius 3 is 2.62 bits per heavy atom. The summed E-state index contributed by atoms with van der Waals surface area (Å²) in [6, 6.07) is 14.0. The van der Waals surface area contributed by atoms with Crippen LogP contribution < -0.4 is 15.4 Å². The van der Waals surface area contributed by atoms with Gasteiger partial charge in [0.2, 0.25) is 5.91 Å². The number of nitrogens with one attached hydrogen (secondary N) is 2. The number of carbonyl (C=O) groups is 3. The molecular formula is C20H16ClN3O4S. The number of hydrogen-bond donors (Lipinski definition) is 2. The number of ether oxygens (including phenoxy) is 1. The lowest BCUT2D eigenvalue weighted by molar-refractivity contribution is -0.118. The third-order valence-electron chi connectivity index (χ3n) is 3.57. The largest absolute Gasteiger partial charge is 0.482 e. The molecule has 0 saturated heterocycles. The highest BCUT2D eigenvalue weighted by molar-refractivity contribution is 8.18. The monoisotopic (exact) mass is 429 g/mol. The lowest BCUT2D eigenvalue weighted by atomic mass is 10.2. The van der Waals surface area contributed by atoms with E-state index in [1.807, 2.05) is 18.2 Å². The summed E-state index contributed by atoms with van der Waals surface area (Å²) in [4.78, 5) is 39.1. The van der Waals surface area contributed by atoms with E-state index in [-0.39, 0.29) is 23.6 Å². The van der Waals surface area contributed by atoms with Gasteiger partial charge in [0, 0.05) is 12.6 Å². The Morgan fingerprint density at radius 1 is 1.17 bits per heavy atom. The molecule has 2 aromatic carbocycles. The topological polar surface area (TPSA) is 96.9 Å². The van der Waals surface area contributed by atoms with Crippen molar-refractivity contribution in [3.05, 3.63) is 64.0 Å². The third-order valence-corrected chi connectivity index (χ3v) is 4.77. The van der Waals surface area contributed by atoms with Crippen LogP contribution in [0.25, 0.3) is 6.08 Å². The van der Waals surface area contributed by atoms with E-state index in [9.17, 15) is 14.4 Å². The van der Waals surface area contributed by atoms with Crippen LogP contribution in [0.2, 0.25) is 5.02 Å². The molecule has 0 aromatic heterocycles. The van der Waals surface area contributed by atoms with Crippen LogP contribution in [0.15, 0.2) is 58.4 Å². The molecule has 0 unspecified atom stereocenters. The van der Waals surface area contributed by atoms with Gasteiger partial charge in [-0.1, -0.05) is 35.9 Å². The minimum atomic E-state index is -0.437. The van der Waals surface area contributed by atoms with Crippen molar-refractivity contribution < 1.29 is 19.1 Å². The summed E-state index contributed by atoms with van der Waals surface area (Å²) in [6.45, 7) is 1.14. The molecule has 2 N–H and O–H groups in total. The zero-order valence-corrected chi connectivity index (χ0v) is 16.8. The number of amidine groups is 1. The fourth-order valence-electron chi connectivity index (χ4n) is 2.35. The third kappa shape index (κ3) is 5.94. The molecule has 29 heavy (non-hydrogen) atoms. The van der Waals surface area contributed by atoms with Crippen LogP contribution in [0.4, 0.5) is 5.69 Å². The highest BCUT2D eigenvalue weighted by atomic mass is 35.5. The normalized spacial score (nSPS) is 14.5. The summed E-state index contributed by atoms with van der Waals surface area (Å²) >= 11 is 7.30. The van der Waals surface area contributed by atoms with Gasteiger partial charge >= 0.3 is 0 Å². The number of halogens is 1. The maximum absolute atomic E-state index is 12.0. The van der Waals surface area contributed by atoms with Gasteiger partial charge in [-0.05, 0) is 47.7 Å².